The molecule has 0 saturated heterocycles. The summed E-state index contributed by atoms with van der Waals surface area (Å²) < 4.78 is 0. The lowest BCUT2D eigenvalue weighted by Crippen LogP contribution is -2.42. The Kier molecular flexibility index (Phi) is 5.29. The van der Waals surface area contributed by atoms with E-state index in [0.717, 1.165) is 5.56 Å². The van der Waals surface area contributed by atoms with Gasteiger partial charge in [-0.1, -0.05) is 12.1 Å². The molecule has 20 heavy (non-hydrogen) atoms. The molecule has 0 fully saturated rings. The smallest absolute Gasteiger partial charge is 0.232 e. The van der Waals surface area contributed by atoms with Crippen molar-refractivity contribution in [3.8, 4) is 6.07 Å². The van der Waals surface area contributed by atoms with Gasteiger partial charge in [-0.25, -0.2) is 0 Å². The predicted molar refractivity (Wildman–Crippen MR) is 78.1 cm³/mol. The molecule has 0 aliphatic heterocycles. The Labute approximate surface area is 120 Å². The van der Waals surface area contributed by atoms with E-state index in [9.17, 15) is 9.90 Å². The van der Waals surface area contributed by atoms with Gasteiger partial charge in [-0.15, -0.1) is 0 Å². The van der Waals surface area contributed by atoms with Gasteiger partial charge in [0, 0.05) is 13.6 Å². The third-order valence-electron chi connectivity index (χ3n) is 3.48. The van der Waals surface area contributed by atoms with Crippen molar-refractivity contribution in [2.75, 3.05) is 13.6 Å². The van der Waals surface area contributed by atoms with Crippen molar-refractivity contribution in [1.82, 2.24) is 4.90 Å². The third kappa shape index (κ3) is 3.82. The first kappa shape index (κ1) is 16.2. The maximum Gasteiger partial charge on any atom is 0.232 e. The number of nitrogens with zero attached hydrogens (tertiary/aromatic N) is 2. The van der Waals surface area contributed by atoms with Crippen molar-refractivity contribution in [2.24, 2.45) is 0 Å². The van der Waals surface area contributed by atoms with Crippen molar-refractivity contribution in [1.29, 1.82) is 5.26 Å². The first-order valence-electron chi connectivity index (χ1n) is 6.73. The number of nitriles is 1. The molecule has 0 aliphatic rings. The highest BCUT2D eigenvalue weighted by Crippen LogP contribution is 2.26. The van der Waals surface area contributed by atoms with Crippen LogP contribution in [-0.4, -0.2) is 35.6 Å². The van der Waals surface area contributed by atoms with Crippen molar-refractivity contribution in [3.63, 3.8) is 0 Å². The SMILES string of the molecule is CC(O)CCN(C)C(=O)C(C)(C)c1cccc(C#N)c1. The summed E-state index contributed by atoms with van der Waals surface area (Å²) >= 11 is 0. The van der Waals surface area contributed by atoms with E-state index >= 15 is 0 Å². The molecule has 1 atom stereocenters. The second-order valence-electron chi connectivity index (χ2n) is 5.68. The van der Waals surface area contributed by atoms with Crippen molar-refractivity contribution >= 4 is 5.91 Å². The Morgan fingerprint density at radius 3 is 2.70 bits per heavy atom. The number of carbonyl (C=O) groups is 1. The van der Waals surface area contributed by atoms with Gasteiger partial charge < -0.3 is 10.0 Å². The molecule has 1 aromatic carbocycles. The molecule has 4 nitrogen and oxygen atoms in total. The number of amides is 1. The van der Waals surface area contributed by atoms with E-state index in [4.69, 9.17) is 5.26 Å². The quantitative estimate of drug-likeness (QED) is 0.894. The highest BCUT2D eigenvalue weighted by molar-refractivity contribution is 5.87. The molecule has 0 aromatic heterocycles. The van der Waals surface area contributed by atoms with Crippen LogP contribution in [0.3, 0.4) is 0 Å². The van der Waals surface area contributed by atoms with Crippen LogP contribution in [0.25, 0.3) is 0 Å². The number of benzene rings is 1. The lowest BCUT2D eigenvalue weighted by Gasteiger charge is -2.30. The molecule has 0 heterocycles. The lowest BCUT2D eigenvalue weighted by molar-refractivity contribution is -0.135. The Bertz CT molecular complexity index is 515. The molecule has 108 valence electrons. The van der Waals surface area contributed by atoms with Crippen molar-refractivity contribution < 1.29 is 9.90 Å². The van der Waals surface area contributed by atoms with Gasteiger partial charge in [-0.05, 0) is 44.9 Å². The molecule has 1 rings (SSSR count). The topological polar surface area (TPSA) is 64.3 Å². The molecular formula is C16H22N2O2. The highest BCUT2D eigenvalue weighted by Gasteiger charge is 2.32. The van der Waals surface area contributed by atoms with Crippen LogP contribution in [0.4, 0.5) is 0 Å². The maximum absolute atomic E-state index is 12.5. The van der Waals surface area contributed by atoms with Gasteiger partial charge in [0.2, 0.25) is 5.91 Å². The second kappa shape index (κ2) is 6.53. The van der Waals surface area contributed by atoms with Crippen molar-refractivity contribution in [3.05, 3.63) is 35.4 Å². The third-order valence-corrected chi connectivity index (χ3v) is 3.48. The summed E-state index contributed by atoms with van der Waals surface area (Å²) in [5.41, 5.74) is 0.681. The lowest BCUT2D eigenvalue weighted by atomic mass is 9.82. The highest BCUT2D eigenvalue weighted by atomic mass is 16.3. The van der Waals surface area contributed by atoms with E-state index in [2.05, 4.69) is 6.07 Å². The summed E-state index contributed by atoms with van der Waals surface area (Å²) in [4.78, 5) is 14.2. The van der Waals surface area contributed by atoms with Crippen LogP contribution in [0.15, 0.2) is 24.3 Å². The van der Waals surface area contributed by atoms with Gasteiger partial charge in [-0.2, -0.15) is 5.26 Å². The minimum Gasteiger partial charge on any atom is -0.393 e. The van der Waals surface area contributed by atoms with E-state index in [1.807, 2.05) is 19.9 Å². The van der Waals surface area contributed by atoms with Crippen LogP contribution in [-0.2, 0) is 10.2 Å². The van der Waals surface area contributed by atoms with Crippen LogP contribution in [0, 0.1) is 11.3 Å². The van der Waals surface area contributed by atoms with E-state index < -0.39 is 11.5 Å². The van der Waals surface area contributed by atoms with Crippen LogP contribution in [0.2, 0.25) is 0 Å². The molecule has 1 N–H and O–H groups in total. The number of hydrogen-bond acceptors (Lipinski definition) is 3. The second-order valence-corrected chi connectivity index (χ2v) is 5.68. The molecule has 1 unspecified atom stereocenters. The summed E-state index contributed by atoms with van der Waals surface area (Å²) in [6.45, 7) is 5.92. The number of aliphatic hydroxyl groups excluding tert-OH is 1. The minimum atomic E-state index is -0.694. The summed E-state index contributed by atoms with van der Waals surface area (Å²) in [6, 6.07) is 9.22. The number of hydrogen-bond donors (Lipinski definition) is 1. The van der Waals surface area contributed by atoms with Crippen molar-refractivity contribution in [2.45, 2.75) is 38.7 Å². The van der Waals surface area contributed by atoms with Crippen LogP contribution >= 0.6 is 0 Å². The molecule has 0 bridgehead atoms. The summed E-state index contributed by atoms with van der Waals surface area (Å²) in [7, 11) is 1.74. The fourth-order valence-corrected chi connectivity index (χ4v) is 2.06. The zero-order chi connectivity index (χ0) is 15.3. The Hall–Kier alpha value is -1.86. The molecule has 0 aliphatic carbocycles. The van der Waals surface area contributed by atoms with Gasteiger partial charge >= 0.3 is 0 Å². The summed E-state index contributed by atoms with van der Waals surface area (Å²) in [5, 5.41) is 18.2. The first-order chi connectivity index (χ1) is 9.28. The Morgan fingerprint density at radius 1 is 1.50 bits per heavy atom. The Morgan fingerprint density at radius 2 is 2.15 bits per heavy atom. The van der Waals surface area contributed by atoms with Gasteiger partial charge in [-0.3, -0.25) is 4.79 Å². The number of aliphatic hydroxyl groups is 1. The monoisotopic (exact) mass is 274 g/mol. The largest absolute Gasteiger partial charge is 0.393 e. The zero-order valence-corrected chi connectivity index (χ0v) is 12.6. The summed E-state index contributed by atoms with van der Waals surface area (Å²) in [6.07, 6.45) is 0.131. The number of likely N-dealkylation sites (N-methyl/N-ethyl adjacent to an activating group) is 1. The van der Waals surface area contributed by atoms with Gasteiger partial charge in [0.15, 0.2) is 0 Å². The average Bonchev–Trinajstić information content (AvgIpc) is 2.43. The fraction of sp³-hybridized carbons (Fsp3) is 0.500. The van der Waals surface area contributed by atoms with Gasteiger partial charge in [0.1, 0.15) is 0 Å². The first-order valence-corrected chi connectivity index (χ1v) is 6.73. The molecule has 0 spiro atoms. The Balaban J connectivity index is 2.91. The molecule has 1 amide bonds. The average molecular weight is 274 g/mol. The van der Waals surface area contributed by atoms with Crippen LogP contribution < -0.4 is 0 Å². The molecule has 4 heteroatoms. The van der Waals surface area contributed by atoms with Gasteiger partial charge in [0.25, 0.3) is 0 Å². The maximum atomic E-state index is 12.5. The number of carbonyl (C=O) groups excluding carboxylic acids is 1. The van der Waals surface area contributed by atoms with E-state index in [0.29, 0.717) is 18.5 Å². The van der Waals surface area contributed by atoms with Gasteiger partial charge in [0.05, 0.1) is 23.2 Å². The zero-order valence-electron chi connectivity index (χ0n) is 12.6. The predicted octanol–water partition coefficient (Wildman–Crippen LogP) is 2.07. The van der Waals surface area contributed by atoms with Crippen LogP contribution in [0.1, 0.15) is 38.3 Å². The summed E-state index contributed by atoms with van der Waals surface area (Å²) in [5.74, 6) is -0.0201. The standard InChI is InChI=1S/C16H22N2O2/c1-12(19)8-9-18(4)15(20)16(2,3)14-7-5-6-13(10-14)11-17/h5-7,10,12,19H,8-9H2,1-4H3. The molecule has 1 aromatic rings. The number of rotatable bonds is 5. The fourth-order valence-electron chi connectivity index (χ4n) is 2.06. The van der Waals surface area contributed by atoms with E-state index in [1.165, 1.54) is 0 Å². The van der Waals surface area contributed by atoms with E-state index in [-0.39, 0.29) is 5.91 Å². The normalized spacial score (nSPS) is 12.6. The molecule has 0 radical (unpaired) electrons. The minimum absolute atomic E-state index is 0.0201. The van der Waals surface area contributed by atoms with Crippen LogP contribution in [0.5, 0.6) is 0 Å². The molecule has 0 saturated carbocycles. The van der Waals surface area contributed by atoms with E-state index in [1.54, 1.807) is 37.1 Å². The molecular weight excluding hydrogens is 252 g/mol.